The van der Waals surface area contributed by atoms with Gasteiger partial charge in [-0.1, -0.05) is 11.3 Å². The SMILES string of the molecule is COc1ccc(-c2c(C)nc3sc(C(C)(C)O)nn23)cc1S[C@H]1C[C@H](O)C1. The first kappa shape index (κ1) is 18.7. The lowest BCUT2D eigenvalue weighted by Gasteiger charge is -2.31. The molecule has 1 aliphatic rings. The second-order valence-electron chi connectivity index (χ2n) is 7.44. The Balaban J connectivity index is 1.76. The molecule has 0 saturated heterocycles. The number of ether oxygens (including phenoxy) is 1. The average molecular weight is 406 g/mol. The summed E-state index contributed by atoms with van der Waals surface area (Å²) in [5, 5.41) is 25.5. The van der Waals surface area contributed by atoms with E-state index in [2.05, 4.69) is 16.1 Å². The van der Waals surface area contributed by atoms with Gasteiger partial charge < -0.3 is 14.9 Å². The van der Waals surface area contributed by atoms with E-state index < -0.39 is 5.60 Å². The first-order valence-electron chi connectivity index (χ1n) is 8.88. The van der Waals surface area contributed by atoms with Crippen LogP contribution in [0.2, 0.25) is 0 Å². The van der Waals surface area contributed by atoms with E-state index in [1.165, 1.54) is 11.3 Å². The van der Waals surface area contributed by atoms with Crippen LogP contribution in [-0.4, -0.2) is 43.3 Å². The number of fused-ring (bicyclic) bond motifs is 1. The van der Waals surface area contributed by atoms with Gasteiger partial charge in [0.05, 0.1) is 29.5 Å². The molecule has 2 aromatic heterocycles. The Morgan fingerprint density at radius 1 is 1.33 bits per heavy atom. The molecular formula is C19H23N3O3S2. The van der Waals surface area contributed by atoms with Crippen molar-refractivity contribution < 1.29 is 14.9 Å². The number of thioether (sulfide) groups is 1. The van der Waals surface area contributed by atoms with E-state index >= 15 is 0 Å². The van der Waals surface area contributed by atoms with E-state index in [0.717, 1.165) is 45.4 Å². The molecule has 4 rings (SSSR count). The van der Waals surface area contributed by atoms with Gasteiger partial charge in [-0.2, -0.15) is 5.10 Å². The third kappa shape index (κ3) is 3.47. The lowest BCUT2D eigenvalue weighted by atomic mass is 9.96. The molecule has 144 valence electrons. The van der Waals surface area contributed by atoms with Crippen LogP contribution < -0.4 is 4.74 Å². The Morgan fingerprint density at radius 3 is 2.70 bits per heavy atom. The minimum atomic E-state index is -0.997. The van der Waals surface area contributed by atoms with Crippen LogP contribution in [0.5, 0.6) is 5.75 Å². The number of hydrogen-bond acceptors (Lipinski definition) is 7. The highest BCUT2D eigenvalue weighted by molar-refractivity contribution is 8.00. The Morgan fingerprint density at radius 2 is 2.07 bits per heavy atom. The van der Waals surface area contributed by atoms with Gasteiger partial charge in [0.2, 0.25) is 4.96 Å². The second-order valence-corrected chi connectivity index (χ2v) is 9.74. The summed E-state index contributed by atoms with van der Waals surface area (Å²) in [6.07, 6.45) is 1.45. The minimum Gasteiger partial charge on any atom is -0.496 e. The van der Waals surface area contributed by atoms with E-state index in [0.29, 0.717) is 10.3 Å². The van der Waals surface area contributed by atoms with Crippen molar-refractivity contribution >= 4 is 28.1 Å². The minimum absolute atomic E-state index is 0.177. The van der Waals surface area contributed by atoms with Gasteiger partial charge in [0.1, 0.15) is 16.4 Å². The van der Waals surface area contributed by atoms with E-state index in [9.17, 15) is 10.2 Å². The highest BCUT2D eigenvalue weighted by atomic mass is 32.2. The summed E-state index contributed by atoms with van der Waals surface area (Å²) in [5.74, 6) is 0.832. The van der Waals surface area contributed by atoms with Crippen LogP contribution in [0, 0.1) is 6.92 Å². The molecule has 27 heavy (non-hydrogen) atoms. The topological polar surface area (TPSA) is 79.9 Å². The maximum atomic E-state index is 10.3. The fourth-order valence-electron chi connectivity index (χ4n) is 3.16. The summed E-state index contributed by atoms with van der Waals surface area (Å²) in [4.78, 5) is 6.46. The summed E-state index contributed by atoms with van der Waals surface area (Å²) >= 11 is 3.15. The molecular weight excluding hydrogens is 382 g/mol. The highest BCUT2D eigenvalue weighted by Gasteiger charge is 2.29. The third-order valence-electron chi connectivity index (χ3n) is 4.70. The molecule has 1 aromatic carbocycles. The number of aliphatic hydroxyl groups is 2. The van der Waals surface area contributed by atoms with E-state index in [4.69, 9.17) is 4.74 Å². The number of nitrogens with zero attached hydrogens (tertiary/aromatic N) is 3. The largest absolute Gasteiger partial charge is 0.496 e. The van der Waals surface area contributed by atoms with Crippen LogP contribution in [0.15, 0.2) is 23.1 Å². The quantitative estimate of drug-likeness (QED) is 0.675. The molecule has 1 saturated carbocycles. The zero-order chi connectivity index (χ0) is 19.3. The van der Waals surface area contributed by atoms with Crippen molar-refractivity contribution in [3.63, 3.8) is 0 Å². The third-order valence-corrected chi connectivity index (χ3v) is 7.21. The normalized spacial score (nSPS) is 20.1. The molecule has 0 aliphatic heterocycles. The number of aryl methyl sites for hydroxylation is 1. The molecule has 0 amide bonds. The number of methoxy groups -OCH3 is 1. The number of aromatic nitrogens is 3. The summed E-state index contributed by atoms with van der Waals surface area (Å²) in [5.41, 5.74) is 1.84. The van der Waals surface area contributed by atoms with Crippen molar-refractivity contribution in [1.29, 1.82) is 0 Å². The molecule has 0 bridgehead atoms. The number of imidazole rings is 1. The standard InChI is InChI=1S/C19H23N3O3S2/c1-10-16(22-18(20-10)27-17(21-22)19(2,3)24)11-5-6-14(25-4)15(7-11)26-13-8-12(23)9-13/h5-7,12-13,23-24H,8-9H2,1-4H3/t12-,13-. The maximum Gasteiger partial charge on any atom is 0.213 e. The Labute approximate surface area is 166 Å². The van der Waals surface area contributed by atoms with Crippen molar-refractivity contribution in [3.05, 3.63) is 28.9 Å². The Bertz CT molecular complexity index is 984. The average Bonchev–Trinajstić information content (AvgIpc) is 3.10. The van der Waals surface area contributed by atoms with Gasteiger partial charge in [0, 0.05) is 10.8 Å². The number of benzene rings is 1. The molecule has 2 heterocycles. The van der Waals surface area contributed by atoms with Gasteiger partial charge in [0.15, 0.2) is 0 Å². The molecule has 8 heteroatoms. The summed E-state index contributed by atoms with van der Waals surface area (Å²) < 4.78 is 7.34. The zero-order valence-corrected chi connectivity index (χ0v) is 17.4. The molecule has 0 radical (unpaired) electrons. The first-order chi connectivity index (χ1) is 12.8. The van der Waals surface area contributed by atoms with Crippen LogP contribution in [0.3, 0.4) is 0 Å². The van der Waals surface area contributed by atoms with Crippen molar-refractivity contribution in [1.82, 2.24) is 14.6 Å². The van der Waals surface area contributed by atoms with E-state index in [-0.39, 0.29) is 6.10 Å². The maximum absolute atomic E-state index is 10.3. The smallest absolute Gasteiger partial charge is 0.213 e. The Kier molecular flexibility index (Phi) is 4.70. The number of rotatable bonds is 5. The van der Waals surface area contributed by atoms with Gasteiger partial charge >= 0.3 is 0 Å². The summed E-state index contributed by atoms with van der Waals surface area (Å²) in [6, 6.07) is 6.08. The van der Waals surface area contributed by atoms with Gasteiger partial charge in [-0.05, 0) is 51.8 Å². The molecule has 6 nitrogen and oxygen atoms in total. The van der Waals surface area contributed by atoms with Crippen LogP contribution in [0.4, 0.5) is 0 Å². The van der Waals surface area contributed by atoms with Gasteiger partial charge in [-0.3, -0.25) is 0 Å². The fraction of sp³-hybridized carbons (Fsp3) is 0.474. The van der Waals surface area contributed by atoms with Crippen molar-refractivity contribution in [2.24, 2.45) is 0 Å². The highest BCUT2D eigenvalue weighted by Crippen LogP contribution is 2.42. The van der Waals surface area contributed by atoms with E-state index in [1.54, 1.807) is 32.7 Å². The number of hydrogen-bond donors (Lipinski definition) is 2. The van der Waals surface area contributed by atoms with Gasteiger partial charge in [-0.25, -0.2) is 9.50 Å². The zero-order valence-electron chi connectivity index (χ0n) is 15.8. The monoisotopic (exact) mass is 405 g/mol. The van der Waals surface area contributed by atoms with E-state index in [1.807, 2.05) is 23.6 Å². The summed E-state index contributed by atoms with van der Waals surface area (Å²) in [6.45, 7) is 5.43. The molecule has 2 N–H and O–H groups in total. The molecule has 0 atom stereocenters. The van der Waals surface area contributed by atoms with Crippen molar-refractivity contribution in [2.45, 2.75) is 55.5 Å². The molecule has 1 fully saturated rings. The number of aliphatic hydroxyl groups excluding tert-OH is 1. The van der Waals surface area contributed by atoms with Crippen LogP contribution >= 0.6 is 23.1 Å². The molecule has 3 aromatic rings. The van der Waals surface area contributed by atoms with Crippen molar-refractivity contribution in [2.75, 3.05) is 7.11 Å². The molecule has 0 spiro atoms. The van der Waals surface area contributed by atoms with Gasteiger partial charge in [-0.15, -0.1) is 11.8 Å². The lowest BCUT2D eigenvalue weighted by molar-refractivity contribution is 0.0773. The predicted molar refractivity (Wildman–Crippen MR) is 108 cm³/mol. The van der Waals surface area contributed by atoms with Gasteiger partial charge in [0.25, 0.3) is 0 Å². The predicted octanol–water partition coefficient (Wildman–Crippen LogP) is 3.62. The molecule has 1 aliphatic carbocycles. The molecule has 0 unspecified atom stereocenters. The van der Waals surface area contributed by atoms with Crippen LogP contribution in [0.25, 0.3) is 16.2 Å². The first-order valence-corrected chi connectivity index (χ1v) is 10.6. The van der Waals surface area contributed by atoms with Crippen LogP contribution in [0.1, 0.15) is 37.4 Å². The van der Waals surface area contributed by atoms with Crippen LogP contribution in [-0.2, 0) is 5.60 Å². The lowest BCUT2D eigenvalue weighted by Crippen LogP contribution is -2.30. The second kappa shape index (κ2) is 6.77. The summed E-state index contributed by atoms with van der Waals surface area (Å²) in [7, 11) is 1.67. The van der Waals surface area contributed by atoms with Crippen molar-refractivity contribution in [3.8, 4) is 17.0 Å². The Hall–Kier alpha value is -1.61. The fourth-order valence-corrected chi connectivity index (χ4v) is 5.56.